The number of benzene rings is 2. The first-order chi connectivity index (χ1) is 14.1. The van der Waals surface area contributed by atoms with Crippen molar-refractivity contribution < 1.29 is 18.0 Å². The predicted octanol–water partition coefficient (Wildman–Crippen LogP) is 5.18. The molecule has 0 radical (unpaired) electrons. The molecule has 0 bridgehead atoms. The number of hydrogen-bond acceptors (Lipinski definition) is 4. The molecule has 10 heteroatoms. The van der Waals surface area contributed by atoms with Gasteiger partial charge in [0, 0.05) is 19.7 Å². The molecule has 1 heterocycles. The average molecular weight is 455 g/mol. The molecule has 0 fully saturated rings. The van der Waals surface area contributed by atoms with E-state index in [1.807, 2.05) is 0 Å². The summed E-state index contributed by atoms with van der Waals surface area (Å²) < 4.78 is 41.3. The zero-order chi connectivity index (χ0) is 22.1. The van der Waals surface area contributed by atoms with E-state index in [0.717, 1.165) is 23.9 Å². The topological polar surface area (TPSA) is 51.0 Å². The van der Waals surface area contributed by atoms with Gasteiger partial charge in [-0.05, 0) is 37.3 Å². The number of halogens is 4. The molecule has 0 saturated carbocycles. The van der Waals surface area contributed by atoms with Gasteiger partial charge in [-0.25, -0.2) is 0 Å². The highest BCUT2D eigenvalue weighted by Gasteiger charge is 2.31. The normalized spacial score (nSPS) is 12.6. The van der Waals surface area contributed by atoms with Crippen molar-refractivity contribution in [3.63, 3.8) is 0 Å². The monoisotopic (exact) mass is 454 g/mol. The highest BCUT2D eigenvalue weighted by Crippen LogP contribution is 2.36. The van der Waals surface area contributed by atoms with Crippen LogP contribution in [-0.4, -0.2) is 44.9 Å². The number of aromatic nitrogens is 3. The van der Waals surface area contributed by atoms with E-state index in [1.54, 1.807) is 45.3 Å². The lowest BCUT2D eigenvalue weighted by atomic mass is 10.1. The van der Waals surface area contributed by atoms with Gasteiger partial charge in [0.15, 0.2) is 11.0 Å². The highest BCUT2D eigenvalue weighted by molar-refractivity contribution is 8.00. The summed E-state index contributed by atoms with van der Waals surface area (Å²) in [5.41, 5.74) is -0.0635. The van der Waals surface area contributed by atoms with Crippen molar-refractivity contribution in [1.29, 1.82) is 0 Å². The molecule has 0 N–H and O–H groups in total. The molecule has 1 aromatic heterocycles. The van der Waals surface area contributed by atoms with Crippen LogP contribution in [0.5, 0.6) is 0 Å². The van der Waals surface area contributed by atoms with Gasteiger partial charge in [-0.15, -0.1) is 10.2 Å². The third-order valence-corrected chi connectivity index (χ3v) is 5.61. The maximum absolute atomic E-state index is 13.3. The Balaban J connectivity index is 2.17. The SMILES string of the molecule is CC(Sc1nnc(-c2ccccc2Cl)n1-c1cccc(C(F)(F)F)c1)C(=O)N(C)C. The molecule has 0 saturated heterocycles. The first-order valence-electron chi connectivity index (χ1n) is 8.85. The number of carbonyl (C=O) groups is 1. The fourth-order valence-electron chi connectivity index (χ4n) is 2.79. The summed E-state index contributed by atoms with van der Waals surface area (Å²) in [6.45, 7) is 1.70. The van der Waals surface area contributed by atoms with Crippen molar-refractivity contribution in [3.05, 3.63) is 59.1 Å². The summed E-state index contributed by atoms with van der Waals surface area (Å²) in [5, 5.41) is 8.47. The van der Waals surface area contributed by atoms with Crippen molar-refractivity contribution in [2.24, 2.45) is 0 Å². The van der Waals surface area contributed by atoms with Crippen LogP contribution in [0.4, 0.5) is 13.2 Å². The summed E-state index contributed by atoms with van der Waals surface area (Å²) in [4.78, 5) is 13.7. The zero-order valence-corrected chi connectivity index (χ0v) is 17.9. The zero-order valence-electron chi connectivity index (χ0n) is 16.3. The van der Waals surface area contributed by atoms with E-state index in [2.05, 4.69) is 10.2 Å². The van der Waals surface area contributed by atoms with Gasteiger partial charge in [0.1, 0.15) is 0 Å². The average Bonchev–Trinajstić information content (AvgIpc) is 3.10. The maximum atomic E-state index is 13.3. The maximum Gasteiger partial charge on any atom is 0.416 e. The van der Waals surface area contributed by atoms with Crippen molar-refractivity contribution >= 4 is 29.3 Å². The Kier molecular flexibility index (Phi) is 6.42. The van der Waals surface area contributed by atoms with Crippen LogP contribution >= 0.6 is 23.4 Å². The van der Waals surface area contributed by atoms with Crippen LogP contribution < -0.4 is 0 Å². The van der Waals surface area contributed by atoms with E-state index in [4.69, 9.17) is 11.6 Å². The molecule has 0 spiro atoms. The molecule has 0 aliphatic heterocycles. The van der Waals surface area contributed by atoms with E-state index in [0.29, 0.717) is 10.6 Å². The number of alkyl halides is 3. The van der Waals surface area contributed by atoms with Gasteiger partial charge in [0.2, 0.25) is 5.91 Å². The fraction of sp³-hybridized carbons (Fsp3) is 0.250. The van der Waals surface area contributed by atoms with Gasteiger partial charge in [-0.3, -0.25) is 9.36 Å². The third-order valence-electron chi connectivity index (χ3n) is 4.25. The first-order valence-corrected chi connectivity index (χ1v) is 10.1. The van der Waals surface area contributed by atoms with Gasteiger partial charge in [0.25, 0.3) is 0 Å². The fourth-order valence-corrected chi connectivity index (χ4v) is 4.02. The van der Waals surface area contributed by atoms with Crippen LogP contribution in [-0.2, 0) is 11.0 Å². The van der Waals surface area contributed by atoms with E-state index < -0.39 is 17.0 Å². The van der Waals surface area contributed by atoms with Crippen LogP contribution in [0.1, 0.15) is 12.5 Å². The van der Waals surface area contributed by atoms with Gasteiger partial charge < -0.3 is 4.90 Å². The number of amides is 1. The second-order valence-corrected chi connectivity index (χ2v) is 8.38. The summed E-state index contributed by atoms with van der Waals surface area (Å²) >= 11 is 7.41. The number of thioether (sulfide) groups is 1. The molecule has 1 unspecified atom stereocenters. The molecular weight excluding hydrogens is 437 g/mol. The summed E-state index contributed by atoms with van der Waals surface area (Å²) in [5.74, 6) is 0.129. The van der Waals surface area contributed by atoms with Crippen LogP contribution in [0.15, 0.2) is 53.7 Å². The van der Waals surface area contributed by atoms with Crippen molar-refractivity contribution in [2.75, 3.05) is 14.1 Å². The molecule has 30 heavy (non-hydrogen) atoms. The van der Waals surface area contributed by atoms with Crippen LogP contribution in [0.25, 0.3) is 17.1 Å². The number of hydrogen-bond donors (Lipinski definition) is 0. The van der Waals surface area contributed by atoms with E-state index in [1.165, 1.54) is 21.6 Å². The Bertz CT molecular complexity index is 1070. The molecule has 5 nitrogen and oxygen atoms in total. The molecule has 1 atom stereocenters. The minimum atomic E-state index is -4.50. The number of nitrogens with zero attached hydrogens (tertiary/aromatic N) is 4. The highest BCUT2D eigenvalue weighted by atomic mass is 35.5. The molecule has 3 rings (SSSR count). The van der Waals surface area contributed by atoms with E-state index in [9.17, 15) is 18.0 Å². The lowest BCUT2D eigenvalue weighted by molar-refractivity contribution is -0.137. The number of carbonyl (C=O) groups excluding carboxylic acids is 1. The predicted molar refractivity (Wildman–Crippen MR) is 111 cm³/mol. The van der Waals surface area contributed by atoms with Gasteiger partial charge in [-0.1, -0.05) is 41.6 Å². The Hall–Kier alpha value is -2.52. The second-order valence-electron chi connectivity index (χ2n) is 6.66. The smallest absolute Gasteiger partial charge is 0.348 e. The van der Waals surface area contributed by atoms with Gasteiger partial charge >= 0.3 is 6.18 Å². The Morgan fingerprint density at radius 1 is 1.13 bits per heavy atom. The van der Waals surface area contributed by atoms with Crippen LogP contribution in [0.3, 0.4) is 0 Å². The summed E-state index contributed by atoms with van der Waals surface area (Å²) in [6.07, 6.45) is -4.50. The van der Waals surface area contributed by atoms with Crippen LogP contribution in [0, 0.1) is 0 Å². The first kappa shape index (κ1) is 22.2. The van der Waals surface area contributed by atoms with Crippen molar-refractivity contribution in [2.45, 2.75) is 23.5 Å². The third kappa shape index (κ3) is 4.62. The van der Waals surface area contributed by atoms with Gasteiger partial charge in [0.05, 0.1) is 21.5 Å². The Morgan fingerprint density at radius 3 is 2.47 bits per heavy atom. The van der Waals surface area contributed by atoms with Gasteiger partial charge in [-0.2, -0.15) is 13.2 Å². The molecule has 0 aliphatic rings. The standard InChI is InChI=1S/C20H18ClF3N4OS/c1-12(18(29)27(2)3)30-19-26-25-17(15-9-4-5-10-16(15)21)28(19)14-8-6-7-13(11-14)20(22,23)24/h4-12H,1-3H3. The van der Waals surface area contributed by atoms with Crippen molar-refractivity contribution in [3.8, 4) is 17.1 Å². The van der Waals surface area contributed by atoms with E-state index in [-0.39, 0.29) is 22.6 Å². The summed E-state index contributed by atoms with van der Waals surface area (Å²) in [7, 11) is 3.26. The lowest BCUT2D eigenvalue weighted by Gasteiger charge is -2.17. The van der Waals surface area contributed by atoms with Crippen LogP contribution in [0.2, 0.25) is 5.02 Å². The largest absolute Gasteiger partial charge is 0.416 e. The van der Waals surface area contributed by atoms with E-state index >= 15 is 0 Å². The Labute approximate surface area is 180 Å². The molecule has 0 aliphatic carbocycles. The molecule has 1 amide bonds. The second kappa shape index (κ2) is 8.69. The molecular formula is C20H18ClF3N4OS. The molecule has 2 aromatic carbocycles. The Morgan fingerprint density at radius 2 is 1.83 bits per heavy atom. The molecule has 158 valence electrons. The summed E-state index contributed by atoms with van der Waals surface area (Å²) in [6, 6.07) is 11.7. The van der Waals surface area contributed by atoms with Crippen molar-refractivity contribution in [1.82, 2.24) is 19.7 Å². The lowest BCUT2D eigenvalue weighted by Crippen LogP contribution is -2.29. The molecule has 3 aromatic rings. The minimum Gasteiger partial charge on any atom is -0.348 e. The quantitative estimate of drug-likeness (QED) is 0.499. The number of rotatable bonds is 5. The minimum absolute atomic E-state index is 0.155.